The van der Waals surface area contributed by atoms with E-state index in [9.17, 15) is 8.42 Å². The smallest absolute Gasteiger partial charge is 0.208 e. The first-order valence-corrected chi connectivity index (χ1v) is 10.2. The molecule has 3 rings (SSSR count). The zero-order chi connectivity index (χ0) is 17.5. The molecule has 1 saturated heterocycles. The number of hydrogen-bond acceptors (Lipinski definition) is 6. The molecule has 2 aliphatic heterocycles. The summed E-state index contributed by atoms with van der Waals surface area (Å²) >= 11 is 1.51. The molecular weight excluding hydrogens is 346 g/mol. The van der Waals surface area contributed by atoms with E-state index < -0.39 is 15.4 Å². The van der Waals surface area contributed by atoms with Gasteiger partial charge in [0.15, 0.2) is 15.0 Å². The van der Waals surface area contributed by atoms with E-state index >= 15 is 0 Å². The average Bonchev–Trinajstić information content (AvgIpc) is 2.92. The number of aliphatic imine (C=N–C) groups is 1. The molecule has 6 nitrogen and oxygen atoms in total. The second kappa shape index (κ2) is 5.83. The standard InChI is InChI=1S/C16H17N3O3S2/c1-16(2)9-13(19-6-7-23-15(19)18-10-17)12-8-11(24(3,20)21)4-5-14(12)22-16/h4-5,8-9H,6-7H2,1-3H3/b18-15+. The monoisotopic (exact) mass is 363 g/mol. The van der Waals surface area contributed by atoms with Gasteiger partial charge in [0.1, 0.15) is 11.4 Å². The van der Waals surface area contributed by atoms with E-state index in [0.29, 0.717) is 23.0 Å². The summed E-state index contributed by atoms with van der Waals surface area (Å²) in [5.74, 6) is 1.44. The number of sulfone groups is 1. The molecule has 0 atom stereocenters. The number of amidine groups is 1. The molecule has 0 amide bonds. The highest BCUT2D eigenvalue weighted by Crippen LogP contribution is 2.41. The fourth-order valence-corrected chi connectivity index (χ4v) is 4.29. The SMILES string of the molecule is CC1(C)C=C(N2CCS/C2=N/C#N)c2cc(S(C)(=O)=O)ccc2O1. The van der Waals surface area contributed by atoms with Gasteiger partial charge in [0.05, 0.1) is 10.6 Å². The van der Waals surface area contributed by atoms with Gasteiger partial charge in [0.25, 0.3) is 0 Å². The van der Waals surface area contributed by atoms with Crippen molar-refractivity contribution in [2.45, 2.75) is 24.3 Å². The van der Waals surface area contributed by atoms with E-state index in [2.05, 4.69) is 4.99 Å². The quantitative estimate of drug-likeness (QED) is 0.751. The van der Waals surface area contributed by atoms with Crippen LogP contribution in [-0.2, 0) is 9.84 Å². The molecule has 1 aromatic carbocycles. The number of benzene rings is 1. The van der Waals surface area contributed by atoms with Crippen LogP contribution >= 0.6 is 11.8 Å². The third-order valence-corrected chi connectivity index (χ3v) is 5.79. The third-order valence-electron chi connectivity index (χ3n) is 3.73. The topological polar surface area (TPSA) is 82.8 Å². The Balaban J connectivity index is 2.17. The number of ether oxygens (including phenoxy) is 1. The number of thioether (sulfide) groups is 1. The molecule has 1 aromatic rings. The molecule has 0 bridgehead atoms. The van der Waals surface area contributed by atoms with E-state index in [-0.39, 0.29) is 4.90 Å². The first kappa shape index (κ1) is 16.9. The molecule has 2 aliphatic rings. The van der Waals surface area contributed by atoms with E-state index in [1.165, 1.54) is 18.0 Å². The lowest BCUT2D eigenvalue weighted by atomic mass is 9.98. The summed E-state index contributed by atoms with van der Waals surface area (Å²) in [7, 11) is -3.32. The van der Waals surface area contributed by atoms with Crippen LogP contribution < -0.4 is 4.74 Å². The van der Waals surface area contributed by atoms with Gasteiger partial charge in [-0.1, -0.05) is 11.8 Å². The second-order valence-electron chi connectivity index (χ2n) is 6.16. The van der Waals surface area contributed by atoms with Crippen LogP contribution in [0.15, 0.2) is 34.2 Å². The van der Waals surface area contributed by atoms with E-state index in [1.807, 2.05) is 31.0 Å². The number of nitrogens with zero attached hydrogens (tertiary/aromatic N) is 3. The molecule has 0 N–H and O–H groups in total. The predicted octanol–water partition coefficient (Wildman–Crippen LogP) is 2.49. The lowest BCUT2D eigenvalue weighted by molar-refractivity contribution is 0.156. The van der Waals surface area contributed by atoms with E-state index in [0.717, 1.165) is 11.4 Å². The Kier molecular flexibility index (Phi) is 4.10. The molecule has 0 spiro atoms. The summed E-state index contributed by atoms with van der Waals surface area (Å²) in [5.41, 5.74) is 0.982. The van der Waals surface area contributed by atoms with Crippen molar-refractivity contribution in [3.63, 3.8) is 0 Å². The molecule has 1 fully saturated rings. The van der Waals surface area contributed by atoms with Crippen LogP contribution in [0.25, 0.3) is 5.70 Å². The Morgan fingerprint density at radius 2 is 2.17 bits per heavy atom. The van der Waals surface area contributed by atoms with Crippen LogP contribution in [0, 0.1) is 11.5 Å². The molecule has 2 heterocycles. The van der Waals surface area contributed by atoms with Gasteiger partial charge >= 0.3 is 0 Å². The highest BCUT2D eigenvalue weighted by atomic mass is 32.2. The van der Waals surface area contributed by atoms with Crippen LogP contribution in [0.3, 0.4) is 0 Å². The molecular formula is C16H17N3O3S2. The van der Waals surface area contributed by atoms with Gasteiger partial charge in [-0.15, -0.1) is 4.99 Å². The van der Waals surface area contributed by atoms with Gasteiger partial charge in [-0.2, -0.15) is 5.26 Å². The Morgan fingerprint density at radius 3 is 2.83 bits per heavy atom. The Bertz CT molecular complexity index is 896. The summed E-state index contributed by atoms with van der Waals surface area (Å²) in [6.07, 6.45) is 4.96. The fraction of sp³-hybridized carbons (Fsp3) is 0.375. The Labute approximate surface area is 145 Å². The molecule has 0 aromatic heterocycles. The van der Waals surface area contributed by atoms with Gasteiger partial charge < -0.3 is 9.64 Å². The van der Waals surface area contributed by atoms with Crippen molar-refractivity contribution in [3.05, 3.63) is 29.8 Å². The first-order valence-electron chi connectivity index (χ1n) is 7.35. The molecule has 24 heavy (non-hydrogen) atoms. The summed E-state index contributed by atoms with van der Waals surface area (Å²) in [6.45, 7) is 4.57. The summed E-state index contributed by atoms with van der Waals surface area (Å²) in [6, 6.07) is 4.86. The van der Waals surface area contributed by atoms with Crippen molar-refractivity contribution >= 4 is 32.5 Å². The van der Waals surface area contributed by atoms with E-state index in [4.69, 9.17) is 10.00 Å². The van der Waals surface area contributed by atoms with Gasteiger partial charge in [-0.25, -0.2) is 8.42 Å². The van der Waals surface area contributed by atoms with Crippen LogP contribution in [0.5, 0.6) is 5.75 Å². The molecule has 0 unspecified atom stereocenters. The van der Waals surface area contributed by atoms with Crippen LogP contribution in [0.2, 0.25) is 0 Å². The van der Waals surface area contributed by atoms with Gasteiger partial charge in [-0.3, -0.25) is 0 Å². The average molecular weight is 363 g/mol. The van der Waals surface area contributed by atoms with Crippen molar-refractivity contribution in [3.8, 4) is 11.9 Å². The summed E-state index contributed by atoms with van der Waals surface area (Å²) < 4.78 is 29.8. The van der Waals surface area contributed by atoms with Crippen molar-refractivity contribution < 1.29 is 13.2 Å². The third kappa shape index (κ3) is 3.14. The number of hydrogen-bond donors (Lipinski definition) is 0. The first-order chi connectivity index (χ1) is 11.2. The zero-order valence-corrected chi connectivity index (χ0v) is 15.2. The minimum absolute atomic E-state index is 0.237. The van der Waals surface area contributed by atoms with Crippen molar-refractivity contribution in [2.24, 2.45) is 4.99 Å². The minimum atomic E-state index is -3.32. The van der Waals surface area contributed by atoms with Crippen LogP contribution in [0.1, 0.15) is 19.4 Å². The fourth-order valence-electron chi connectivity index (χ4n) is 2.73. The molecule has 126 valence electrons. The highest BCUT2D eigenvalue weighted by Gasteiger charge is 2.33. The molecule has 0 radical (unpaired) electrons. The van der Waals surface area contributed by atoms with Crippen molar-refractivity contribution in [1.82, 2.24) is 4.90 Å². The largest absolute Gasteiger partial charge is 0.483 e. The zero-order valence-electron chi connectivity index (χ0n) is 13.6. The molecule has 8 heteroatoms. The van der Waals surface area contributed by atoms with E-state index in [1.54, 1.807) is 18.2 Å². The van der Waals surface area contributed by atoms with Crippen molar-refractivity contribution in [1.29, 1.82) is 5.26 Å². The maximum absolute atomic E-state index is 11.9. The van der Waals surface area contributed by atoms with Gasteiger partial charge in [0.2, 0.25) is 6.19 Å². The minimum Gasteiger partial charge on any atom is -0.483 e. The summed E-state index contributed by atoms with van der Waals surface area (Å²) in [4.78, 5) is 6.07. The maximum atomic E-state index is 11.9. The van der Waals surface area contributed by atoms with Crippen LogP contribution in [-0.4, -0.2) is 42.6 Å². The number of rotatable bonds is 2. The van der Waals surface area contributed by atoms with Gasteiger partial charge in [-0.05, 0) is 38.1 Å². The Morgan fingerprint density at radius 1 is 1.42 bits per heavy atom. The Hall–Kier alpha value is -1.98. The second-order valence-corrected chi connectivity index (χ2v) is 9.24. The lowest BCUT2D eigenvalue weighted by Gasteiger charge is -2.34. The number of nitriles is 1. The van der Waals surface area contributed by atoms with Crippen LogP contribution in [0.4, 0.5) is 0 Å². The lowest BCUT2D eigenvalue weighted by Crippen LogP contribution is -2.34. The number of fused-ring (bicyclic) bond motifs is 1. The predicted molar refractivity (Wildman–Crippen MR) is 94.4 cm³/mol. The molecule has 0 saturated carbocycles. The molecule has 0 aliphatic carbocycles. The van der Waals surface area contributed by atoms with Crippen molar-refractivity contribution in [2.75, 3.05) is 18.6 Å². The summed E-state index contributed by atoms with van der Waals surface area (Å²) in [5, 5.41) is 9.51. The normalized spacial score (nSPS) is 21.0. The maximum Gasteiger partial charge on any atom is 0.208 e. The van der Waals surface area contributed by atoms with Gasteiger partial charge in [0, 0.05) is 24.1 Å². The highest BCUT2D eigenvalue weighted by molar-refractivity contribution is 8.14.